The lowest BCUT2D eigenvalue weighted by Crippen LogP contribution is -2.41. The molecule has 0 amide bonds. The number of methoxy groups -OCH3 is 2. The summed E-state index contributed by atoms with van der Waals surface area (Å²) in [6.45, 7) is -0.0681. The molecule has 93 valence electrons. The first kappa shape index (κ1) is 12.5. The zero-order valence-corrected chi connectivity index (χ0v) is 11.0. The van der Waals surface area contributed by atoms with E-state index >= 15 is 0 Å². The lowest BCUT2D eigenvalue weighted by Gasteiger charge is -2.16. The molecule has 0 saturated carbocycles. The summed E-state index contributed by atoms with van der Waals surface area (Å²) in [5.74, 6) is 0. The van der Waals surface area contributed by atoms with E-state index in [4.69, 9.17) is 9.47 Å². The number of rotatable bonds is 3. The first-order valence-corrected chi connectivity index (χ1v) is 5.88. The van der Waals surface area contributed by atoms with E-state index in [2.05, 4.69) is 15.9 Å². The van der Waals surface area contributed by atoms with Gasteiger partial charge in [0, 0.05) is 32.4 Å². The van der Waals surface area contributed by atoms with E-state index in [0.717, 1.165) is 4.57 Å². The average Bonchev–Trinajstić information content (AvgIpc) is 2.60. The molecule has 1 aliphatic heterocycles. The van der Waals surface area contributed by atoms with Crippen LogP contribution < -0.4 is 11.2 Å². The number of halogens is 1. The van der Waals surface area contributed by atoms with Crippen LogP contribution in [0.25, 0.3) is 0 Å². The van der Waals surface area contributed by atoms with E-state index in [1.165, 1.54) is 24.9 Å². The van der Waals surface area contributed by atoms with Crippen molar-refractivity contribution in [2.75, 3.05) is 14.2 Å². The SMILES string of the molecule is COCn1c(=O)cc2n(c1=O)C(OC)C(Br)[CH]2. The molecule has 0 bridgehead atoms. The number of aromatic nitrogens is 2. The van der Waals surface area contributed by atoms with Crippen LogP contribution in [-0.2, 0) is 16.2 Å². The molecule has 7 heteroatoms. The monoisotopic (exact) mass is 303 g/mol. The highest BCUT2D eigenvalue weighted by atomic mass is 79.9. The van der Waals surface area contributed by atoms with Gasteiger partial charge in [-0.15, -0.1) is 0 Å². The molecular weight excluding hydrogens is 292 g/mol. The van der Waals surface area contributed by atoms with Crippen LogP contribution in [0.1, 0.15) is 11.9 Å². The molecule has 1 aromatic heterocycles. The highest BCUT2D eigenvalue weighted by molar-refractivity contribution is 9.09. The molecule has 2 unspecified atom stereocenters. The Morgan fingerprint density at radius 2 is 2.12 bits per heavy atom. The lowest BCUT2D eigenvalue weighted by atomic mass is 10.3. The maximum atomic E-state index is 12.1. The van der Waals surface area contributed by atoms with Gasteiger partial charge in [0.25, 0.3) is 5.56 Å². The molecule has 0 spiro atoms. The Morgan fingerprint density at radius 3 is 2.71 bits per heavy atom. The van der Waals surface area contributed by atoms with Crippen LogP contribution in [-0.4, -0.2) is 28.2 Å². The van der Waals surface area contributed by atoms with Crippen molar-refractivity contribution in [3.8, 4) is 0 Å². The number of hydrogen-bond acceptors (Lipinski definition) is 4. The maximum absolute atomic E-state index is 12.1. The quantitative estimate of drug-likeness (QED) is 0.743. The highest BCUT2D eigenvalue weighted by Crippen LogP contribution is 2.30. The fourth-order valence-electron chi connectivity index (χ4n) is 1.86. The molecule has 0 fully saturated rings. The number of nitrogens with zero attached hydrogens (tertiary/aromatic N) is 2. The normalized spacial score (nSPS) is 22.8. The van der Waals surface area contributed by atoms with Gasteiger partial charge < -0.3 is 9.47 Å². The third-order valence-corrected chi connectivity index (χ3v) is 3.33. The molecule has 0 N–H and O–H groups in total. The minimum atomic E-state index is -0.443. The fraction of sp³-hybridized carbons (Fsp3) is 0.500. The van der Waals surface area contributed by atoms with Crippen molar-refractivity contribution in [1.29, 1.82) is 0 Å². The first-order valence-electron chi connectivity index (χ1n) is 4.97. The molecule has 0 aromatic carbocycles. The molecule has 1 aromatic rings. The van der Waals surface area contributed by atoms with E-state index in [0.29, 0.717) is 5.69 Å². The van der Waals surface area contributed by atoms with Crippen molar-refractivity contribution in [2.24, 2.45) is 0 Å². The summed E-state index contributed by atoms with van der Waals surface area (Å²) in [7, 11) is 2.94. The Bertz CT molecular complexity index is 536. The van der Waals surface area contributed by atoms with Crippen molar-refractivity contribution >= 4 is 15.9 Å². The fourth-order valence-corrected chi connectivity index (χ4v) is 2.59. The predicted molar refractivity (Wildman–Crippen MR) is 64.1 cm³/mol. The summed E-state index contributed by atoms with van der Waals surface area (Å²) in [4.78, 5) is 23.7. The van der Waals surface area contributed by atoms with Gasteiger partial charge in [-0.3, -0.25) is 9.36 Å². The molecule has 1 radical (unpaired) electrons. The largest absolute Gasteiger partial charge is 0.364 e. The second kappa shape index (κ2) is 4.75. The Hall–Kier alpha value is -0.920. The van der Waals surface area contributed by atoms with Crippen LogP contribution in [0.5, 0.6) is 0 Å². The van der Waals surface area contributed by atoms with Crippen molar-refractivity contribution in [3.05, 3.63) is 39.0 Å². The third kappa shape index (κ3) is 1.98. The minimum Gasteiger partial charge on any atom is -0.364 e. The van der Waals surface area contributed by atoms with Gasteiger partial charge in [0.05, 0.1) is 4.83 Å². The number of hydrogen-bond donors (Lipinski definition) is 0. The Labute approximate surface area is 106 Å². The average molecular weight is 304 g/mol. The lowest BCUT2D eigenvalue weighted by molar-refractivity contribution is 0.0510. The van der Waals surface area contributed by atoms with Gasteiger partial charge in [0.2, 0.25) is 0 Å². The molecule has 2 rings (SSSR count). The van der Waals surface area contributed by atoms with Crippen LogP contribution >= 0.6 is 15.9 Å². The second-order valence-corrected chi connectivity index (χ2v) is 4.70. The standard InChI is InChI=1S/C10H12BrN2O4/c1-16-5-12-8(14)4-6-3-7(11)9(17-2)13(6)10(12)15/h3-4,7,9H,5H2,1-2H3. The van der Waals surface area contributed by atoms with E-state index < -0.39 is 11.9 Å². The van der Waals surface area contributed by atoms with Gasteiger partial charge in [-0.1, -0.05) is 15.9 Å². The summed E-state index contributed by atoms with van der Waals surface area (Å²) in [6.07, 6.45) is 1.33. The Kier molecular flexibility index (Phi) is 3.50. The maximum Gasteiger partial charge on any atom is 0.335 e. The zero-order chi connectivity index (χ0) is 12.6. The second-order valence-electron chi connectivity index (χ2n) is 3.64. The molecule has 0 saturated heterocycles. The van der Waals surface area contributed by atoms with Gasteiger partial charge in [-0.2, -0.15) is 0 Å². The number of ether oxygens (including phenoxy) is 2. The predicted octanol–water partition coefficient (Wildman–Crippen LogP) is 0.0884. The van der Waals surface area contributed by atoms with Gasteiger partial charge >= 0.3 is 5.69 Å². The van der Waals surface area contributed by atoms with Crippen LogP contribution in [0.15, 0.2) is 15.7 Å². The summed E-state index contributed by atoms with van der Waals surface area (Å²) in [5.41, 5.74) is -0.253. The molecular formula is C10H12BrN2O4. The van der Waals surface area contributed by atoms with Gasteiger partial charge in [0.15, 0.2) is 6.23 Å². The highest BCUT2D eigenvalue weighted by Gasteiger charge is 2.33. The Balaban J connectivity index is 2.62. The van der Waals surface area contributed by atoms with Crippen molar-refractivity contribution in [2.45, 2.75) is 17.8 Å². The van der Waals surface area contributed by atoms with Crippen LogP contribution in [0, 0.1) is 6.42 Å². The summed E-state index contributed by atoms with van der Waals surface area (Å²) >= 11 is 3.39. The minimum absolute atomic E-state index is 0.0681. The number of alkyl halides is 1. The van der Waals surface area contributed by atoms with Crippen molar-refractivity contribution in [3.63, 3.8) is 0 Å². The van der Waals surface area contributed by atoms with E-state index in [1.54, 1.807) is 6.42 Å². The molecule has 1 aliphatic rings. The third-order valence-electron chi connectivity index (χ3n) is 2.61. The Morgan fingerprint density at radius 1 is 1.41 bits per heavy atom. The summed E-state index contributed by atoms with van der Waals surface area (Å²) < 4.78 is 12.5. The van der Waals surface area contributed by atoms with Crippen LogP contribution in [0.2, 0.25) is 0 Å². The smallest absolute Gasteiger partial charge is 0.335 e. The van der Waals surface area contributed by atoms with Crippen LogP contribution in [0.3, 0.4) is 0 Å². The van der Waals surface area contributed by atoms with Crippen molar-refractivity contribution < 1.29 is 9.47 Å². The topological polar surface area (TPSA) is 62.5 Å². The molecule has 0 aliphatic carbocycles. The zero-order valence-electron chi connectivity index (χ0n) is 9.42. The van der Waals surface area contributed by atoms with Crippen LogP contribution in [0.4, 0.5) is 0 Å². The van der Waals surface area contributed by atoms with Gasteiger partial charge in [-0.05, 0) is 0 Å². The summed E-state index contributed by atoms with van der Waals surface area (Å²) in [6, 6.07) is 1.40. The van der Waals surface area contributed by atoms with E-state index in [-0.39, 0.29) is 17.1 Å². The van der Waals surface area contributed by atoms with E-state index in [9.17, 15) is 9.59 Å². The van der Waals surface area contributed by atoms with Gasteiger partial charge in [-0.25, -0.2) is 9.36 Å². The molecule has 17 heavy (non-hydrogen) atoms. The van der Waals surface area contributed by atoms with Gasteiger partial charge in [0.1, 0.15) is 6.73 Å². The molecule has 2 heterocycles. The van der Waals surface area contributed by atoms with E-state index in [1.807, 2.05) is 0 Å². The molecule has 6 nitrogen and oxygen atoms in total. The number of fused-ring (bicyclic) bond motifs is 1. The van der Waals surface area contributed by atoms with Crippen molar-refractivity contribution in [1.82, 2.24) is 9.13 Å². The first-order chi connectivity index (χ1) is 8.10. The summed E-state index contributed by atoms with van der Waals surface area (Å²) in [5, 5.41) is 0. The molecule has 2 atom stereocenters.